The van der Waals surface area contributed by atoms with Crippen LogP contribution in [0.5, 0.6) is 0 Å². The number of nitrogens with one attached hydrogen (secondary N) is 1. The average Bonchev–Trinajstić information content (AvgIpc) is 2.73. The van der Waals surface area contributed by atoms with Gasteiger partial charge in [-0.3, -0.25) is 4.79 Å². The molecule has 2 heterocycles. The van der Waals surface area contributed by atoms with Crippen molar-refractivity contribution < 1.29 is 14.3 Å². The normalized spacial score (nSPS) is 18.2. The highest BCUT2D eigenvalue weighted by Gasteiger charge is 2.30. The highest BCUT2D eigenvalue weighted by atomic mass is 16.5. The Kier molecular flexibility index (Phi) is 4.07. The number of hydrogen-bond donors (Lipinski definition) is 2. The number of likely N-dealkylation sites (N-methyl/N-ethyl adjacent to an activating group) is 1. The molecule has 1 aliphatic rings. The molecule has 0 radical (unpaired) electrons. The lowest BCUT2D eigenvalue weighted by atomic mass is 10.2. The van der Waals surface area contributed by atoms with Crippen molar-refractivity contribution in [3.8, 4) is 0 Å². The molecule has 0 spiro atoms. The largest absolute Gasteiger partial charge is 0.462 e. The molecule has 1 aromatic rings. The number of carbonyl (C=O) groups excluding carboxylic acids is 2. The topological polar surface area (TPSA) is 97.6 Å². The summed E-state index contributed by atoms with van der Waals surface area (Å²) in [6.45, 7) is 2.67. The number of nitrogens with two attached hydrogens (primary N) is 1. The van der Waals surface area contributed by atoms with E-state index in [9.17, 15) is 9.59 Å². The van der Waals surface area contributed by atoms with Gasteiger partial charge in [-0.1, -0.05) is 0 Å². The fourth-order valence-corrected chi connectivity index (χ4v) is 2.08. The summed E-state index contributed by atoms with van der Waals surface area (Å²) in [4.78, 5) is 29.5. The van der Waals surface area contributed by atoms with Crippen LogP contribution >= 0.6 is 0 Å². The maximum Gasteiger partial charge on any atom is 0.341 e. The van der Waals surface area contributed by atoms with Crippen LogP contribution < -0.4 is 11.1 Å². The number of anilines is 2. The molecule has 1 atom stereocenters. The molecule has 108 valence electrons. The fraction of sp³-hybridized carbons (Fsp3) is 0.462. The number of likely N-dealkylation sites (tertiary alicyclic amines) is 1. The molecule has 1 aromatic heterocycles. The lowest BCUT2D eigenvalue weighted by molar-refractivity contribution is -0.127. The predicted octanol–water partition coefficient (Wildman–Crippen LogP) is 0.483. The van der Waals surface area contributed by atoms with E-state index in [1.54, 1.807) is 18.9 Å². The van der Waals surface area contributed by atoms with Crippen LogP contribution in [0.3, 0.4) is 0 Å². The van der Waals surface area contributed by atoms with Crippen molar-refractivity contribution in [2.45, 2.75) is 19.4 Å². The first-order valence-electron chi connectivity index (χ1n) is 6.47. The summed E-state index contributed by atoms with van der Waals surface area (Å²) >= 11 is 0. The molecule has 2 rings (SSSR count). The maximum absolute atomic E-state index is 11.9. The molecular weight excluding hydrogens is 260 g/mol. The number of hydrogen-bond acceptors (Lipinski definition) is 6. The van der Waals surface area contributed by atoms with Gasteiger partial charge in [0.2, 0.25) is 5.91 Å². The van der Waals surface area contributed by atoms with Gasteiger partial charge >= 0.3 is 5.97 Å². The highest BCUT2D eigenvalue weighted by molar-refractivity contribution is 5.96. The molecule has 7 nitrogen and oxygen atoms in total. The summed E-state index contributed by atoms with van der Waals surface area (Å²) in [7, 11) is 1.74. The number of carbonyl (C=O) groups is 2. The molecule has 1 unspecified atom stereocenters. The lowest BCUT2D eigenvalue weighted by Crippen LogP contribution is -2.32. The molecule has 1 amide bonds. The van der Waals surface area contributed by atoms with Crippen LogP contribution in [0.1, 0.15) is 23.7 Å². The van der Waals surface area contributed by atoms with E-state index in [1.807, 2.05) is 0 Å². The van der Waals surface area contributed by atoms with Crippen molar-refractivity contribution in [1.29, 1.82) is 0 Å². The summed E-state index contributed by atoms with van der Waals surface area (Å²) in [5.74, 6) is -0.196. The first-order chi connectivity index (χ1) is 9.52. The third-order valence-corrected chi connectivity index (χ3v) is 3.14. The van der Waals surface area contributed by atoms with E-state index in [1.165, 1.54) is 12.3 Å². The smallest absolute Gasteiger partial charge is 0.341 e. The zero-order chi connectivity index (χ0) is 14.7. The minimum atomic E-state index is -0.506. The van der Waals surface area contributed by atoms with Gasteiger partial charge in [0.1, 0.15) is 17.4 Å². The number of esters is 1. The van der Waals surface area contributed by atoms with Gasteiger partial charge in [0.25, 0.3) is 0 Å². The Morgan fingerprint density at radius 2 is 2.40 bits per heavy atom. The number of pyridine rings is 1. The Hall–Kier alpha value is -2.31. The van der Waals surface area contributed by atoms with Crippen LogP contribution in [0.2, 0.25) is 0 Å². The molecule has 7 heteroatoms. The van der Waals surface area contributed by atoms with E-state index < -0.39 is 5.97 Å². The van der Waals surface area contributed by atoms with Gasteiger partial charge in [0.15, 0.2) is 0 Å². The Bertz CT molecular complexity index is 532. The number of ether oxygens (including phenoxy) is 1. The van der Waals surface area contributed by atoms with Gasteiger partial charge in [-0.15, -0.1) is 0 Å². The lowest BCUT2D eigenvalue weighted by Gasteiger charge is -2.15. The van der Waals surface area contributed by atoms with Crippen LogP contribution in [0.15, 0.2) is 12.3 Å². The molecule has 0 aromatic carbocycles. The zero-order valence-corrected chi connectivity index (χ0v) is 11.5. The highest BCUT2D eigenvalue weighted by Crippen LogP contribution is 2.20. The van der Waals surface area contributed by atoms with Gasteiger partial charge in [0.05, 0.1) is 18.5 Å². The summed E-state index contributed by atoms with van der Waals surface area (Å²) in [5.41, 5.74) is 6.26. The molecule has 0 aliphatic carbocycles. The summed E-state index contributed by atoms with van der Waals surface area (Å²) in [5, 5.41) is 3.00. The molecular formula is C13H18N4O3. The Balaban J connectivity index is 2.23. The minimum absolute atomic E-state index is 0.0153. The van der Waals surface area contributed by atoms with Crippen molar-refractivity contribution in [3.05, 3.63) is 17.8 Å². The van der Waals surface area contributed by atoms with Crippen molar-refractivity contribution in [1.82, 2.24) is 9.88 Å². The number of rotatable bonds is 4. The molecule has 3 N–H and O–H groups in total. The van der Waals surface area contributed by atoms with Crippen molar-refractivity contribution in [2.24, 2.45) is 0 Å². The standard InChI is InChI=1S/C13H18N4O3/c1-3-20-13(19)9-6-8(14)7-15-11(9)16-10-4-5-17(2)12(10)18/h6-7,10H,3-5,14H2,1-2H3,(H,15,16). The molecule has 1 saturated heterocycles. The monoisotopic (exact) mass is 278 g/mol. The van der Waals surface area contributed by atoms with E-state index in [0.717, 1.165) is 0 Å². The number of nitrogen functional groups attached to an aromatic ring is 1. The Morgan fingerprint density at radius 3 is 3.00 bits per heavy atom. The molecule has 0 bridgehead atoms. The first-order valence-corrected chi connectivity index (χ1v) is 6.47. The van der Waals surface area contributed by atoms with Crippen molar-refractivity contribution >= 4 is 23.4 Å². The van der Waals surface area contributed by atoms with Gasteiger partial charge in [0, 0.05) is 13.6 Å². The van der Waals surface area contributed by atoms with E-state index >= 15 is 0 Å². The van der Waals surface area contributed by atoms with E-state index in [4.69, 9.17) is 10.5 Å². The molecule has 0 saturated carbocycles. The summed E-state index contributed by atoms with van der Waals surface area (Å²) in [6.07, 6.45) is 2.11. The fourth-order valence-electron chi connectivity index (χ4n) is 2.08. The molecule has 20 heavy (non-hydrogen) atoms. The van der Waals surface area contributed by atoms with Crippen molar-refractivity contribution in [3.63, 3.8) is 0 Å². The second kappa shape index (κ2) is 5.77. The third kappa shape index (κ3) is 2.81. The van der Waals surface area contributed by atoms with Crippen LogP contribution in [0.25, 0.3) is 0 Å². The van der Waals surface area contributed by atoms with Gasteiger partial charge in [-0.2, -0.15) is 0 Å². The molecule has 1 aliphatic heterocycles. The van der Waals surface area contributed by atoms with Crippen LogP contribution in [0, 0.1) is 0 Å². The third-order valence-electron chi connectivity index (χ3n) is 3.14. The van der Waals surface area contributed by atoms with E-state index in [0.29, 0.717) is 24.5 Å². The van der Waals surface area contributed by atoms with Crippen LogP contribution in [-0.2, 0) is 9.53 Å². The number of amides is 1. The summed E-state index contributed by atoms with van der Waals surface area (Å²) < 4.78 is 4.97. The first kappa shape index (κ1) is 14.1. The summed E-state index contributed by atoms with van der Waals surface area (Å²) in [6, 6.07) is 1.13. The van der Waals surface area contributed by atoms with Crippen LogP contribution in [-0.4, -0.2) is 48.0 Å². The minimum Gasteiger partial charge on any atom is -0.462 e. The van der Waals surface area contributed by atoms with E-state index in [-0.39, 0.29) is 24.1 Å². The zero-order valence-electron chi connectivity index (χ0n) is 11.5. The quantitative estimate of drug-likeness (QED) is 0.778. The van der Waals surface area contributed by atoms with Gasteiger partial charge in [-0.25, -0.2) is 9.78 Å². The van der Waals surface area contributed by atoms with Gasteiger partial charge in [-0.05, 0) is 19.4 Å². The average molecular weight is 278 g/mol. The number of aromatic nitrogens is 1. The van der Waals surface area contributed by atoms with Crippen molar-refractivity contribution in [2.75, 3.05) is 31.2 Å². The number of nitrogens with zero attached hydrogens (tertiary/aromatic N) is 2. The Labute approximate surface area is 117 Å². The van der Waals surface area contributed by atoms with Crippen LogP contribution in [0.4, 0.5) is 11.5 Å². The second-order valence-electron chi connectivity index (χ2n) is 4.63. The van der Waals surface area contributed by atoms with Gasteiger partial charge < -0.3 is 20.7 Å². The van der Waals surface area contributed by atoms with E-state index in [2.05, 4.69) is 10.3 Å². The molecule has 1 fully saturated rings. The SMILES string of the molecule is CCOC(=O)c1cc(N)cnc1NC1CCN(C)C1=O. The second-order valence-corrected chi connectivity index (χ2v) is 4.63. The predicted molar refractivity (Wildman–Crippen MR) is 74.3 cm³/mol. The Morgan fingerprint density at radius 1 is 1.65 bits per heavy atom. The maximum atomic E-state index is 11.9.